The maximum atomic E-state index is 2.55. The Hall–Kier alpha value is -1.33. The van der Waals surface area contributed by atoms with E-state index in [-0.39, 0.29) is 7.92 Å². The Morgan fingerprint density at radius 1 is 0.700 bits per heavy atom. The monoisotopic (exact) mass is 417 g/mol. The summed E-state index contributed by atoms with van der Waals surface area (Å²) in [5, 5.41) is 1.73. The zero-order valence-electron chi connectivity index (χ0n) is 18.6. The number of hydrogen-bond acceptors (Lipinski definition) is 1. The summed E-state index contributed by atoms with van der Waals surface area (Å²) in [5.41, 5.74) is 6.11. The van der Waals surface area contributed by atoms with Crippen molar-refractivity contribution in [3.63, 3.8) is 0 Å². The summed E-state index contributed by atoms with van der Waals surface area (Å²) in [6, 6.07) is 18.8. The Kier molecular flexibility index (Phi) is 4.95. The van der Waals surface area contributed by atoms with E-state index in [0.717, 1.165) is 35.0 Å². The average Bonchev–Trinajstić information content (AvgIpc) is 3.57. The number of fused-ring (bicyclic) bond motifs is 4. The minimum absolute atomic E-state index is 0.000717. The fraction of sp³-hybridized carbons (Fsp3) is 0.571. The maximum absolute atomic E-state index is 2.55. The van der Waals surface area contributed by atoms with Gasteiger partial charge in [-0.15, -0.1) is 0 Å². The van der Waals surface area contributed by atoms with Crippen molar-refractivity contribution in [2.45, 2.75) is 62.7 Å². The molecule has 7 atom stereocenters. The quantitative estimate of drug-likeness (QED) is 0.478. The highest BCUT2D eigenvalue weighted by Crippen LogP contribution is 2.66. The highest BCUT2D eigenvalue weighted by atomic mass is 31.1. The lowest BCUT2D eigenvalue weighted by Crippen LogP contribution is -2.29. The highest BCUT2D eigenvalue weighted by Gasteiger charge is 2.50. The van der Waals surface area contributed by atoms with E-state index >= 15 is 0 Å². The van der Waals surface area contributed by atoms with Gasteiger partial charge in [0.25, 0.3) is 0 Å². The van der Waals surface area contributed by atoms with Gasteiger partial charge < -0.3 is 4.90 Å². The second kappa shape index (κ2) is 7.67. The number of benzene rings is 2. The Balaban J connectivity index is 1.34. The molecule has 4 saturated carbocycles. The third kappa shape index (κ3) is 3.24. The summed E-state index contributed by atoms with van der Waals surface area (Å²) in [6.45, 7) is 0. The van der Waals surface area contributed by atoms with E-state index in [9.17, 15) is 0 Å². The fourth-order valence-electron chi connectivity index (χ4n) is 7.65. The number of anilines is 1. The van der Waals surface area contributed by atoms with Gasteiger partial charge >= 0.3 is 0 Å². The van der Waals surface area contributed by atoms with Crippen molar-refractivity contribution < 1.29 is 0 Å². The van der Waals surface area contributed by atoms with E-state index in [0.29, 0.717) is 0 Å². The van der Waals surface area contributed by atoms with Gasteiger partial charge in [-0.2, -0.15) is 0 Å². The molecule has 4 aliphatic carbocycles. The van der Waals surface area contributed by atoms with Crippen molar-refractivity contribution in [2.75, 3.05) is 19.0 Å². The van der Waals surface area contributed by atoms with Crippen LogP contribution in [-0.2, 0) is 0 Å². The molecule has 0 aliphatic heterocycles. The van der Waals surface area contributed by atoms with Crippen LogP contribution in [0.4, 0.5) is 5.69 Å². The first kappa shape index (κ1) is 19.4. The van der Waals surface area contributed by atoms with Gasteiger partial charge in [-0.1, -0.05) is 63.2 Å². The van der Waals surface area contributed by atoms with Crippen molar-refractivity contribution in [2.24, 2.45) is 23.7 Å². The first-order valence-corrected chi connectivity index (χ1v) is 13.8. The van der Waals surface area contributed by atoms with Crippen LogP contribution in [-0.4, -0.2) is 25.4 Å². The van der Waals surface area contributed by atoms with Gasteiger partial charge in [0.05, 0.1) is 0 Å². The predicted octanol–water partition coefficient (Wildman–Crippen LogP) is 6.90. The van der Waals surface area contributed by atoms with Crippen LogP contribution in [0.15, 0.2) is 48.5 Å². The van der Waals surface area contributed by atoms with Crippen LogP contribution < -0.4 is 10.2 Å². The topological polar surface area (TPSA) is 3.24 Å². The van der Waals surface area contributed by atoms with Gasteiger partial charge in [-0.05, 0) is 90.4 Å². The smallest absolute Gasteiger partial charge is 0.0440 e. The first-order chi connectivity index (χ1) is 14.7. The summed E-state index contributed by atoms with van der Waals surface area (Å²) in [4.78, 5) is 2.24. The Morgan fingerprint density at radius 2 is 1.30 bits per heavy atom. The fourth-order valence-corrected chi connectivity index (χ4v) is 11.9. The molecule has 5 unspecified atom stereocenters. The van der Waals surface area contributed by atoms with Crippen LogP contribution in [0.2, 0.25) is 0 Å². The van der Waals surface area contributed by atoms with Crippen LogP contribution in [0.5, 0.6) is 0 Å². The standard InChI is InChI=1S/C28H36NP/c1-29(2)26-6-4-3-5-25(26)21-11-13-24(14-12-21)30(27-17-19-7-9-22(27)15-19)28-18-20-8-10-23(28)16-20/h3-6,11-14,19-20,22-23,27-28H,7-10,15-18H2,1-2H3/t19-,20?,22+,23?,27?,28?,30?/m1/s1. The van der Waals surface area contributed by atoms with Gasteiger partial charge in [0.15, 0.2) is 0 Å². The number of para-hydroxylation sites is 1. The van der Waals surface area contributed by atoms with E-state index in [1.807, 2.05) is 0 Å². The third-order valence-corrected chi connectivity index (χ3v) is 12.6. The van der Waals surface area contributed by atoms with Crippen molar-refractivity contribution >= 4 is 18.9 Å². The lowest BCUT2D eigenvalue weighted by molar-refractivity contribution is 0.463. The molecule has 4 fully saturated rings. The molecule has 1 nitrogen and oxygen atoms in total. The Morgan fingerprint density at radius 3 is 1.80 bits per heavy atom. The van der Waals surface area contributed by atoms with Crippen LogP contribution in [0.25, 0.3) is 11.1 Å². The molecule has 0 saturated heterocycles. The maximum Gasteiger partial charge on any atom is 0.0440 e. The molecule has 0 aromatic heterocycles. The van der Waals surface area contributed by atoms with E-state index in [1.165, 1.54) is 42.5 Å². The number of hydrogen-bond donors (Lipinski definition) is 0. The molecule has 4 aliphatic rings. The molecule has 158 valence electrons. The molecule has 0 amide bonds. The van der Waals surface area contributed by atoms with Crippen molar-refractivity contribution in [3.8, 4) is 11.1 Å². The molecule has 6 rings (SSSR count). The van der Waals surface area contributed by atoms with Crippen molar-refractivity contribution in [3.05, 3.63) is 48.5 Å². The molecule has 4 bridgehead atoms. The van der Waals surface area contributed by atoms with Gasteiger partial charge in [0.2, 0.25) is 0 Å². The van der Waals surface area contributed by atoms with Gasteiger partial charge in [-0.25, -0.2) is 0 Å². The lowest BCUT2D eigenvalue weighted by Gasteiger charge is -2.39. The summed E-state index contributed by atoms with van der Waals surface area (Å²) in [7, 11) is 4.30. The van der Waals surface area contributed by atoms with E-state index in [1.54, 1.807) is 31.0 Å². The van der Waals surface area contributed by atoms with Crippen LogP contribution >= 0.6 is 7.92 Å². The van der Waals surface area contributed by atoms with Gasteiger partial charge in [-0.3, -0.25) is 0 Å². The van der Waals surface area contributed by atoms with Gasteiger partial charge in [0, 0.05) is 25.3 Å². The summed E-state index contributed by atoms with van der Waals surface area (Å²) in [5.74, 6) is 4.23. The summed E-state index contributed by atoms with van der Waals surface area (Å²) in [6.07, 6.45) is 12.3. The molecule has 0 radical (unpaired) electrons. The molecule has 30 heavy (non-hydrogen) atoms. The van der Waals surface area contributed by atoms with Crippen molar-refractivity contribution in [1.82, 2.24) is 0 Å². The molecule has 2 aromatic rings. The average molecular weight is 418 g/mol. The number of nitrogens with zero attached hydrogens (tertiary/aromatic N) is 1. The normalized spacial score (nSPS) is 35.1. The molecule has 0 heterocycles. The zero-order chi connectivity index (χ0) is 20.2. The molecule has 0 spiro atoms. The summed E-state index contributed by atoms with van der Waals surface area (Å²) < 4.78 is 0. The van der Waals surface area contributed by atoms with E-state index in [2.05, 4.69) is 67.5 Å². The second-order valence-electron chi connectivity index (χ2n) is 10.9. The highest BCUT2D eigenvalue weighted by molar-refractivity contribution is 7.67. The largest absolute Gasteiger partial charge is 0.377 e. The zero-order valence-corrected chi connectivity index (χ0v) is 19.5. The Labute approximate surface area is 184 Å². The minimum atomic E-state index is 0.000717. The molecule has 0 N–H and O–H groups in total. The molecule has 2 aromatic carbocycles. The molecular formula is C28H36NP. The second-order valence-corrected chi connectivity index (χ2v) is 13.5. The van der Waals surface area contributed by atoms with Crippen LogP contribution in [0.1, 0.15) is 51.4 Å². The first-order valence-electron chi connectivity index (χ1n) is 12.3. The Bertz CT molecular complexity index is 875. The molecular weight excluding hydrogens is 381 g/mol. The van der Waals surface area contributed by atoms with Gasteiger partial charge in [0.1, 0.15) is 0 Å². The predicted molar refractivity (Wildman–Crippen MR) is 131 cm³/mol. The SMILES string of the molecule is CN(C)c1ccccc1-c1ccc(P(C2CC3CCC2C3)C2C[C@@H]3CC[C@H]2C3)cc1. The van der Waals surface area contributed by atoms with Crippen molar-refractivity contribution in [1.29, 1.82) is 0 Å². The van der Waals surface area contributed by atoms with E-state index < -0.39 is 0 Å². The summed E-state index contributed by atoms with van der Waals surface area (Å²) >= 11 is 0. The number of rotatable bonds is 5. The van der Waals surface area contributed by atoms with E-state index in [4.69, 9.17) is 0 Å². The van der Waals surface area contributed by atoms with Crippen LogP contribution in [0, 0.1) is 23.7 Å². The third-order valence-electron chi connectivity index (χ3n) is 8.98. The van der Waals surface area contributed by atoms with Crippen LogP contribution in [0.3, 0.4) is 0 Å². The molecule has 2 heteroatoms. The lowest BCUT2D eigenvalue weighted by atomic mass is 9.99. The minimum Gasteiger partial charge on any atom is -0.377 e.